The zero-order valence-corrected chi connectivity index (χ0v) is 32.5. The van der Waals surface area contributed by atoms with Crippen LogP contribution >= 0.6 is 0 Å². The first-order valence-electron chi connectivity index (χ1n) is 19.8. The number of rotatable bonds is 2. The van der Waals surface area contributed by atoms with E-state index in [1.807, 2.05) is 0 Å². The first kappa shape index (κ1) is 31.7. The zero-order chi connectivity index (χ0) is 36.4. The fourth-order valence-electron chi connectivity index (χ4n) is 13.1. The van der Waals surface area contributed by atoms with Gasteiger partial charge in [-0.1, -0.05) is 170 Å². The number of hydrogen-bond donors (Lipinski definition) is 0. The van der Waals surface area contributed by atoms with E-state index in [0.717, 1.165) is 12.8 Å². The van der Waals surface area contributed by atoms with Crippen molar-refractivity contribution in [2.24, 2.45) is 0 Å². The van der Waals surface area contributed by atoms with Crippen molar-refractivity contribution >= 4 is 44.9 Å². The molecular formula is C51H48BN. The molecule has 0 spiro atoms. The van der Waals surface area contributed by atoms with Gasteiger partial charge < -0.3 is 4.57 Å². The van der Waals surface area contributed by atoms with Crippen LogP contribution in [0.3, 0.4) is 0 Å². The second-order valence-electron chi connectivity index (χ2n) is 19.5. The predicted octanol–water partition coefficient (Wildman–Crippen LogP) is 10.2. The molecule has 0 saturated heterocycles. The van der Waals surface area contributed by atoms with Gasteiger partial charge >= 0.3 is 0 Å². The number of aromatic nitrogens is 1. The molecule has 6 aromatic carbocycles. The van der Waals surface area contributed by atoms with Crippen molar-refractivity contribution in [3.05, 3.63) is 166 Å². The Morgan fingerprint density at radius 2 is 1.04 bits per heavy atom. The van der Waals surface area contributed by atoms with Crippen molar-refractivity contribution in [2.75, 3.05) is 0 Å². The second-order valence-corrected chi connectivity index (χ2v) is 19.5. The van der Waals surface area contributed by atoms with Crippen LogP contribution in [0.25, 0.3) is 27.5 Å². The van der Waals surface area contributed by atoms with Gasteiger partial charge in [0, 0.05) is 22.0 Å². The van der Waals surface area contributed by atoms with E-state index in [0.29, 0.717) is 0 Å². The molecule has 1 aromatic heterocycles. The van der Waals surface area contributed by atoms with E-state index in [4.69, 9.17) is 0 Å². The van der Waals surface area contributed by atoms with Crippen LogP contribution in [-0.4, -0.2) is 11.3 Å². The fraction of sp³-hybridized carbons (Fsp3) is 0.294. The summed E-state index contributed by atoms with van der Waals surface area (Å²) in [5.74, 6) is 0. The van der Waals surface area contributed by atoms with Crippen LogP contribution in [0, 0.1) is 0 Å². The Hall–Kier alpha value is -4.82. The van der Waals surface area contributed by atoms with Crippen LogP contribution < -0.4 is 16.4 Å². The van der Waals surface area contributed by atoms with Gasteiger partial charge in [-0.2, -0.15) is 0 Å². The van der Waals surface area contributed by atoms with Gasteiger partial charge in [0.1, 0.15) is 0 Å². The van der Waals surface area contributed by atoms with Gasteiger partial charge in [-0.05, 0) is 102 Å². The van der Waals surface area contributed by atoms with Crippen molar-refractivity contribution in [1.82, 2.24) is 4.57 Å². The Bertz CT molecular complexity index is 2680. The van der Waals surface area contributed by atoms with Crippen molar-refractivity contribution < 1.29 is 0 Å². The summed E-state index contributed by atoms with van der Waals surface area (Å²) in [5.41, 5.74) is 20.1. The Labute approximate surface area is 315 Å². The molecule has 0 bridgehead atoms. The van der Waals surface area contributed by atoms with Crippen LogP contribution in [-0.2, 0) is 27.1 Å². The van der Waals surface area contributed by atoms with E-state index in [1.54, 1.807) is 16.7 Å². The lowest BCUT2D eigenvalue weighted by molar-refractivity contribution is 0.403. The molecule has 7 aromatic rings. The molecule has 4 aliphatic rings. The molecule has 2 aliphatic carbocycles. The van der Waals surface area contributed by atoms with Crippen LogP contribution in [0.4, 0.5) is 0 Å². The second kappa shape index (κ2) is 9.83. The van der Waals surface area contributed by atoms with E-state index in [2.05, 4.69) is 181 Å². The highest BCUT2D eigenvalue weighted by molar-refractivity contribution is 6.99. The molecule has 260 valence electrons. The van der Waals surface area contributed by atoms with Crippen LogP contribution in [0.1, 0.15) is 113 Å². The minimum Gasteiger partial charge on any atom is -0.310 e. The predicted molar refractivity (Wildman–Crippen MR) is 225 cm³/mol. The summed E-state index contributed by atoms with van der Waals surface area (Å²) in [6.45, 7) is 20.1. The van der Waals surface area contributed by atoms with E-state index in [1.165, 1.54) is 71.7 Å². The molecule has 2 aliphatic heterocycles. The van der Waals surface area contributed by atoms with Gasteiger partial charge in [0.25, 0.3) is 0 Å². The summed E-state index contributed by atoms with van der Waals surface area (Å²) in [7, 11) is 0. The molecule has 0 saturated carbocycles. The third-order valence-corrected chi connectivity index (χ3v) is 14.2. The van der Waals surface area contributed by atoms with Crippen molar-refractivity contribution in [2.45, 2.75) is 95.3 Å². The molecule has 2 heteroatoms. The Morgan fingerprint density at radius 3 is 1.70 bits per heavy atom. The maximum absolute atomic E-state index is 2.73. The van der Waals surface area contributed by atoms with Gasteiger partial charge in [-0.25, -0.2) is 0 Å². The summed E-state index contributed by atoms with van der Waals surface area (Å²) in [6, 6.07) is 47.0. The molecule has 0 fully saturated rings. The highest BCUT2D eigenvalue weighted by Crippen LogP contribution is 2.58. The SMILES string of the molecule is CC1(C)CC(C)(C)c2c1ccc1c2c2c3c(cc4c2n1-c1cccc2c1B4c1ccccc1C2(c1ccccc1)c1ccccc1)C(C)(C)CC3(C)C. The maximum Gasteiger partial charge on any atom is 0.247 e. The Kier molecular flexibility index (Phi) is 5.88. The van der Waals surface area contributed by atoms with E-state index in [-0.39, 0.29) is 28.4 Å². The summed E-state index contributed by atoms with van der Waals surface area (Å²) in [6.07, 6.45) is 2.31. The van der Waals surface area contributed by atoms with Gasteiger partial charge in [-0.15, -0.1) is 0 Å². The summed E-state index contributed by atoms with van der Waals surface area (Å²) in [4.78, 5) is 0. The number of hydrogen-bond acceptors (Lipinski definition) is 0. The van der Waals surface area contributed by atoms with E-state index in [9.17, 15) is 0 Å². The molecule has 0 amide bonds. The molecule has 53 heavy (non-hydrogen) atoms. The minimum absolute atomic E-state index is 0.0554. The molecule has 0 N–H and O–H groups in total. The lowest BCUT2D eigenvalue weighted by Crippen LogP contribution is -2.64. The lowest BCUT2D eigenvalue weighted by atomic mass is 9.29. The Balaban J connectivity index is 1.40. The summed E-state index contributed by atoms with van der Waals surface area (Å²) >= 11 is 0. The number of nitrogens with zero attached hydrogens (tertiary/aromatic N) is 1. The maximum atomic E-state index is 2.73. The third kappa shape index (κ3) is 3.71. The smallest absolute Gasteiger partial charge is 0.247 e. The van der Waals surface area contributed by atoms with Crippen molar-refractivity contribution in [3.63, 3.8) is 0 Å². The van der Waals surface area contributed by atoms with Crippen LogP contribution in [0.5, 0.6) is 0 Å². The van der Waals surface area contributed by atoms with Gasteiger partial charge in [0.2, 0.25) is 6.71 Å². The fourth-order valence-corrected chi connectivity index (χ4v) is 13.1. The molecule has 0 radical (unpaired) electrons. The van der Waals surface area contributed by atoms with Crippen molar-refractivity contribution in [1.29, 1.82) is 0 Å². The first-order chi connectivity index (χ1) is 25.3. The first-order valence-corrected chi connectivity index (χ1v) is 19.8. The van der Waals surface area contributed by atoms with Crippen LogP contribution in [0.2, 0.25) is 0 Å². The quantitative estimate of drug-likeness (QED) is 0.160. The normalized spacial score (nSPS) is 19.9. The summed E-state index contributed by atoms with van der Waals surface area (Å²) < 4.78 is 2.73. The minimum atomic E-state index is -0.466. The average molecular weight is 686 g/mol. The molecule has 0 unspecified atom stereocenters. The largest absolute Gasteiger partial charge is 0.310 e. The lowest BCUT2D eigenvalue weighted by Gasteiger charge is -2.46. The molecule has 0 atom stereocenters. The number of benzene rings is 6. The molecular weight excluding hydrogens is 637 g/mol. The third-order valence-electron chi connectivity index (χ3n) is 14.2. The van der Waals surface area contributed by atoms with Crippen molar-refractivity contribution in [3.8, 4) is 5.69 Å². The monoisotopic (exact) mass is 685 g/mol. The van der Waals surface area contributed by atoms with E-state index < -0.39 is 5.41 Å². The highest BCUT2D eigenvalue weighted by Gasteiger charge is 2.53. The van der Waals surface area contributed by atoms with Crippen LogP contribution in [0.15, 0.2) is 121 Å². The standard InChI is InChI=1S/C51H48BN/c1-47(2)29-49(5,6)43-34(47)26-27-39-41(43)42-44-36(48(3,4)30-50(44,7)8)28-38-46(42)53(39)40-25-17-23-35-45(40)52(38)37-24-16-15-22-33(37)51(35,31-18-11-9-12-19-31)32-20-13-10-14-21-32/h9-28H,29-30H2,1-8H3. The zero-order valence-electron chi connectivity index (χ0n) is 32.5. The van der Waals surface area contributed by atoms with E-state index >= 15 is 0 Å². The molecule has 11 rings (SSSR count). The molecule has 1 nitrogen and oxygen atoms in total. The summed E-state index contributed by atoms with van der Waals surface area (Å²) in [5, 5.41) is 3.04. The van der Waals surface area contributed by atoms with Gasteiger partial charge in [0.05, 0.1) is 10.9 Å². The van der Waals surface area contributed by atoms with Gasteiger partial charge in [-0.3, -0.25) is 0 Å². The molecule has 3 heterocycles. The Morgan fingerprint density at radius 1 is 0.472 bits per heavy atom. The average Bonchev–Trinajstić information content (AvgIpc) is 3.64. The van der Waals surface area contributed by atoms with Gasteiger partial charge in [0.15, 0.2) is 0 Å². The highest BCUT2D eigenvalue weighted by atomic mass is 15.0. The topological polar surface area (TPSA) is 4.93 Å². The number of fused-ring (bicyclic) bond motifs is 11.